The standard InChI is InChI=1S/C25H28N2O3S/c1-17-11-13-21(15-19(17)3)20(4)26-25(28)22-14-12-18(2)24(16-22)27(5)31(29,30)23-9-7-6-8-10-23/h6-16,20H,1-5H3,(H,26,28)/t20-/m0/s1. The fourth-order valence-corrected chi connectivity index (χ4v) is 4.64. The fraction of sp³-hybridized carbons (Fsp3) is 0.240. The zero-order valence-corrected chi connectivity index (χ0v) is 19.3. The number of hydrogen-bond acceptors (Lipinski definition) is 3. The number of aryl methyl sites for hydroxylation is 3. The maximum absolute atomic E-state index is 13.0. The second-order valence-corrected chi connectivity index (χ2v) is 9.79. The van der Waals surface area contributed by atoms with E-state index in [2.05, 4.69) is 18.3 Å². The average molecular weight is 437 g/mol. The van der Waals surface area contributed by atoms with Crippen molar-refractivity contribution in [1.29, 1.82) is 0 Å². The predicted octanol–water partition coefficient (Wildman–Crippen LogP) is 4.93. The first-order chi connectivity index (χ1) is 14.6. The molecule has 162 valence electrons. The molecule has 31 heavy (non-hydrogen) atoms. The van der Waals surface area contributed by atoms with Crippen molar-refractivity contribution >= 4 is 21.6 Å². The summed E-state index contributed by atoms with van der Waals surface area (Å²) in [7, 11) is -2.23. The van der Waals surface area contributed by atoms with Gasteiger partial charge in [0, 0.05) is 12.6 Å². The average Bonchev–Trinajstić information content (AvgIpc) is 2.76. The minimum atomic E-state index is -3.73. The van der Waals surface area contributed by atoms with Crippen molar-refractivity contribution in [2.75, 3.05) is 11.4 Å². The zero-order chi connectivity index (χ0) is 22.8. The normalized spacial score (nSPS) is 12.3. The topological polar surface area (TPSA) is 66.5 Å². The monoisotopic (exact) mass is 436 g/mol. The van der Waals surface area contributed by atoms with E-state index in [1.807, 2.05) is 32.9 Å². The van der Waals surface area contributed by atoms with Crippen LogP contribution < -0.4 is 9.62 Å². The van der Waals surface area contributed by atoms with Crippen LogP contribution in [0.5, 0.6) is 0 Å². The van der Waals surface area contributed by atoms with Gasteiger partial charge in [0.05, 0.1) is 16.6 Å². The molecule has 1 N–H and O–H groups in total. The van der Waals surface area contributed by atoms with E-state index in [9.17, 15) is 13.2 Å². The van der Waals surface area contributed by atoms with E-state index in [4.69, 9.17) is 0 Å². The number of nitrogens with zero attached hydrogens (tertiary/aromatic N) is 1. The van der Waals surface area contributed by atoms with Gasteiger partial charge in [0.15, 0.2) is 0 Å². The quantitative estimate of drug-likeness (QED) is 0.596. The van der Waals surface area contributed by atoms with Crippen LogP contribution in [0.2, 0.25) is 0 Å². The number of sulfonamides is 1. The van der Waals surface area contributed by atoms with Crippen LogP contribution in [-0.2, 0) is 10.0 Å². The van der Waals surface area contributed by atoms with Crippen LogP contribution in [0.1, 0.15) is 45.6 Å². The second-order valence-electron chi connectivity index (χ2n) is 7.83. The van der Waals surface area contributed by atoms with Crippen LogP contribution >= 0.6 is 0 Å². The molecule has 0 radical (unpaired) electrons. The molecule has 0 unspecified atom stereocenters. The van der Waals surface area contributed by atoms with Crippen molar-refractivity contribution in [2.24, 2.45) is 0 Å². The number of carbonyl (C=O) groups is 1. The third-order valence-corrected chi connectivity index (χ3v) is 7.38. The molecule has 3 rings (SSSR count). The van der Waals surface area contributed by atoms with Gasteiger partial charge in [-0.1, -0.05) is 42.5 Å². The number of nitrogens with one attached hydrogen (secondary N) is 1. The summed E-state index contributed by atoms with van der Waals surface area (Å²) in [5.41, 5.74) is 5.03. The number of hydrogen-bond donors (Lipinski definition) is 1. The van der Waals surface area contributed by atoms with Gasteiger partial charge in [0.1, 0.15) is 0 Å². The highest BCUT2D eigenvalue weighted by Crippen LogP contribution is 2.27. The van der Waals surface area contributed by atoms with Crippen molar-refractivity contribution < 1.29 is 13.2 Å². The summed E-state index contributed by atoms with van der Waals surface area (Å²) in [5, 5.41) is 3.01. The molecule has 0 bridgehead atoms. The van der Waals surface area contributed by atoms with Gasteiger partial charge < -0.3 is 5.32 Å². The lowest BCUT2D eigenvalue weighted by molar-refractivity contribution is 0.0940. The lowest BCUT2D eigenvalue weighted by atomic mass is 10.0. The Balaban J connectivity index is 1.86. The number of anilines is 1. The first kappa shape index (κ1) is 22.6. The molecule has 0 saturated heterocycles. The first-order valence-electron chi connectivity index (χ1n) is 10.1. The van der Waals surface area contributed by atoms with Crippen LogP contribution in [-0.4, -0.2) is 21.4 Å². The van der Waals surface area contributed by atoms with Gasteiger partial charge in [-0.25, -0.2) is 8.42 Å². The third kappa shape index (κ3) is 4.80. The molecule has 0 aliphatic carbocycles. The van der Waals surface area contributed by atoms with E-state index in [0.717, 1.165) is 11.1 Å². The molecule has 0 heterocycles. The predicted molar refractivity (Wildman–Crippen MR) is 125 cm³/mol. The van der Waals surface area contributed by atoms with E-state index >= 15 is 0 Å². The SMILES string of the molecule is Cc1ccc([C@H](C)NC(=O)c2ccc(C)c(N(C)S(=O)(=O)c3ccccc3)c2)cc1C. The van der Waals surface area contributed by atoms with Gasteiger partial charge in [-0.2, -0.15) is 0 Å². The summed E-state index contributed by atoms with van der Waals surface area (Å²) in [4.78, 5) is 13.1. The van der Waals surface area contributed by atoms with E-state index in [-0.39, 0.29) is 16.8 Å². The van der Waals surface area contributed by atoms with Gasteiger partial charge in [0.2, 0.25) is 0 Å². The van der Waals surface area contributed by atoms with Crippen molar-refractivity contribution in [2.45, 2.75) is 38.6 Å². The molecule has 0 fully saturated rings. The Morgan fingerprint density at radius 1 is 0.871 bits per heavy atom. The fourth-order valence-electron chi connectivity index (χ4n) is 3.37. The third-order valence-electron chi connectivity index (χ3n) is 5.59. The molecular formula is C25H28N2O3S. The van der Waals surface area contributed by atoms with Crippen molar-refractivity contribution in [3.05, 3.63) is 94.5 Å². The maximum atomic E-state index is 13.0. The Kier molecular flexibility index (Phi) is 6.51. The largest absolute Gasteiger partial charge is 0.346 e. The molecule has 1 atom stereocenters. The summed E-state index contributed by atoms with van der Waals surface area (Å²) < 4.78 is 27.3. The maximum Gasteiger partial charge on any atom is 0.264 e. The molecule has 3 aromatic carbocycles. The highest BCUT2D eigenvalue weighted by Gasteiger charge is 2.23. The van der Waals surface area contributed by atoms with Gasteiger partial charge in [-0.3, -0.25) is 9.10 Å². The van der Waals surface area contributed by atoms with Gasteiger partial charge in [-0.15, -0.1) is 0 Å². The molecule has 0 saturated carbocycles. The Hall–Kier alpha value is -3.12. The van der Waals surface area contributed by atoms with E-state index in [0.29, 0.717) is 11.3 Å². The van der Waals surface area contributed by atoms with Crippen LogP contribution in [0.3, 0.4) is 0 Å². The Morgan fingerprint density at radius 3 is 2.16 bits per heavy atom. The van der Waals surface area contributed by atoms with Gasteiger partial charge in [-0.05, 0) is 74.2 Å². The molecule has 1 amide bonds. The number of benzene rings is 3. The second kappa shape index (κ2) is 8.94. The van der Waals surface area contributed by atoms with Crippen molar-refractivity contribution in [3.8, 4) is 0 Å². The molecular weight excluding hydrogens is 408 g/mol. The van der Waals surface area contributed by atoms with Crippen LogP contribution in [0.25, 0.3) is 0 Å². The smallest absolute Gasteiger partial charge is 0.264 e. The van der Waals surface area contributed by atoms with Crippen LogP contribution in [0, 0.1) is 20.8 Å². The Bertz CT molecular complexity index is 1200. The molecule has 0 aliphatic rings. The molecule has 3 aromatic rings. The summed E-state index contributed by atoms with van der Waals surface area (Å²) in [6.45, 7) is 7.85. The zero-order valence-electron chi connectivity index (χ0n) is 18.5. The van der Waals surface area contributed by atoms with Crippen molar-refractivity contribution in [1.82, 2.24) is 5.32 Å². The molecule has 0 aromatic heterocycles. The highest BCUT2D eigenvalue weighted by atomic mass is 32.2. The van der Waals surface area contributed by atoms with Gasteiger partial charge >= 0.3 is 0 Å². The molecule has 5 nitrogen and oxygen atoms in total. The molecule has 0 spiro atoms. The Morgan fingerprint density at radius 2 is 1.52 bits per heavy atom. The minimum absolute atomic E-state index is 0.178. The number of carbonyl (C=O) groups excluding carboxylic acids is 1. The summed E-state index contributed by atoms with van der Waals surface area (Å²) in [6.07, 6.45) is 0. The van der Waals surface area contributed by atoms with Gasteiger partial charge in [0.25, 0.3) is 15.9 Å². The number of rotatable bonds is 6. The molecule has 0 aliphatic heterocycles. The minimum Gasteiger partial charge on any atom is -0.346 e. The van der Waals surface area contributed by atoms with Crippen LogP contribution in [0.15, 0.2) is 71.6 Å². The van der Waals surface area contributed by atoms with E-state index in [1.165, 1.54) is 22.5 Å². The lowest BCUT2D eigenvalue weighted by Crippen LogP contribution is -2.29. The number of amides is 1. The lowest BCUT2D eigenvalue weighted by Gasteiger charge is -2.22. The Labute approximate surface area is 184 Å². The van der Waals surface area contributed by atoms with Crippen molar-refractivity contribution in [3.63, 3.8) is 0 Å². The summed E-state index contributed by atoms with van der Waals surface area (Å²) >= 11 is 0. The molecule has 6 heteroatoms. The summed E-state index contributed by atoms with van der Waals surface area (Å²) in [5.74, 6) is -0.252. The van der Waals surface area contributed by atoms with E-state index < -0.39 is 10.0 Å². The highest BCUT2D eigenvalue weighted by molar-refractivity contribution is 7.92. The van der Waals surface area contributed by atoms with E-state index in [1.54, 1.807) is 48.5 Å². The van der Waals surface area contributed by atoms with Crippen LogP contribution in [0.4, 0.5) is 5.69 Å². The first-order valence-corrected chi connectivity index (χ1v) is 11.6. The summed E-state index contributed by atoms with van der Waals surface area (Å²) in [6, 6.07) is 19.3.